The van der Waals surface area contributed by atoms with Gasteiger partial charge < -0.3 is 0 Å². The molecule has 1 N–H and O–H groups in total. The molecule has 1 aliphatic rings. The number of alkyl halides is 1. The van der Waals surface area contributed by atoms with E-state index in [-0.39, 0.29) is 17.7 Å². The van der Waals surface area contributed by atoms with Gasteiger partial charge in [0.15, 0.2) is 0 Å². The number of aryl methyl sites for hydroxylation is 1. The van der Waals surface area contributed by atoms with Crippen LogP contribution in [-0.2, 0) is 16.4 Å². The Bertz CT molecular complexity index is 530. The van der Waals surface area contributed by atoms with E-state index in [0.717, 1.165) is 24.8 Å². The second kappa shape index (κ2) is 6.25. The Hall–Kier alpha value is -0.580. The lowest BCUT2D eigenvalue weighted by molar-refractivity contribution is 0.502. The molecule has 19 heavy (non-hydrogen) atoms. The van der Waals surface area contributed by atoms with Crippen molar-refractivity contribution in [3.63, 3.8) is 0 Å². The maximum Gasteiger partial charge on any atom is 0.212 e. The number of benzene rings is 1. The van der Waals surface area contributed by atoms with E-state index in [9.17, 15) is 8.42 Å². The number of hydrogen-bond donors (Lipinski definition) is 1. The van der Waals surface area contributed by atoms with E-state index in [0.29, 0.717) is 5.88 Å². The molecule has 0 spiro atoms. The van der Waals surface area contributed by atoms with Crippen molar-refractivity contribution >= 4 is 21.6 Å². The average Bonchev–Trinajstić information content (AvgIpc) is 2.38. The molecule has 5 heteroatoms. The quantitative estimate of drug-likeness (QED) is 0.850. The number of fused-ring (bicyclic) bond motifs is 1. The van der Waals surface area contributed by atoms with Crippen molar-refractivity contribution in [2.24, 2.45) is 5.92 Å². The fourth-order valence-corrected chi connectivity index (χ4v) is 4.44. The van der Waals surface area contributed by atoms with Crippen LogP contribution in [0.3, 0.4) is 0 Å². The Balaban J connectivity index is 2.12. The third kappa shape index (κ3) is 3.94. The van der Waals surface area contributed by atoms with Crippen LogP contribution in [0.2, 0.25) is 0 Å². The van der Waals surface area contributed by atoms with Gasteiger partial charge in [-0.05, 0) is 36.3 Å². The zero-order valence-corrected chi connectivity index (χ0v) is 12.7. The number of sulfonamides is 1. The maximum absolute atomic E-state index is 12.1. The summed E-state index contributed by atoms with van der Waals surface area (Å²) in [5.41, 5.74) is 2.38. The van der Waals surface area contributed by atoms with Crippen LogP contribution in [0.1, 0.15) is 36.9 Å². The van der Waals surface area contributed by atoms with Crippen molar-refractivity contribution in [3.05, 3.63) is 35.4 Å². The molecule has 0 saturated carbocycles. The molecule has 2 rings (SSSR count). The molecule has 0 amide bonds. The highest BCUT2D eigenvalue weighted by Gasteiger charge is 2.25. The molecule has 1 aromatic carbocycles. The Kier molecular flexibility index (Phi) is 4.87. The number of halogens is 1. The molecule has 3 nitrogen and oxygen atoms in total. The lowest BCUT2D eigenvalue weighted by Crippen LogP contribution is -2.34. The van der Waals surface area contributed by atoms with Gasteiger partial charge in [-0.3, -0.25) is 0 Å². The van der Waals surface area contributed by atoms with E-state index in [1.807, 2.05) is 25.1 Å². The highest BCUT2D eigenvalue weighted by atomic mass is 35.5. The third-order valence-corrected chi connectivity index (χ3v) is 5.64. The molecule has 1 aliphatic carbocycles. The van der Waals surface area contributed by atoms with Gasteiger partial charge in [0.2, 0.25) is 10.0 Å². The van der Waals surface area contributed by atoms with Crippen molar-refractivity contribution in [3.8, 4) is 0 Å². The van der Waals surface area contributed by atoms with Crippen molar-refractivity contribution < 1.29 is 8.42 Å². The molecule has 0 saturated heterocycles. The first kappa shape index (κ1) is 14.8. The van der Waals surface area contributed by atoms with E-state index >= 15 is 0 Å². The second-order valence-electron chi connectivity index (χ2n) is 5.30. The van der Waals surface area contributed by atoms with Crippen molar-refractivity contribution in [2.45, 2.75) is 32.2 Å². The van der Waals surface area contributed by atoms with Crippen LogP contribution >= 0.6 is 11.6 Å². The number of rotatable bonds is 5. The van der Waals surface area contributed by atoms with Gasteiger partial charge in [0, 0.05) is 11.9 Å². The van der Waals surface area contributed by atoms with E-state index in [1.165, 1.54) is 5.56 Å². The predicted octanol–water partition coefficient (Wildman–Crippen LogP) is 2.86. The first-order chi connectivity index (χ1) is 9.02. The average molecular weight is 302 g/mol. The highest BCUT2D eigenvalue weighted by Crippen LogP contribution is 2.30. The van der Waals surface area contributed by atoms with Gasteiger partial charge in [0.1, 0.15) is 0 Å². The summed E-state index contributed by atoms with van der Waals surface area (Å²) in [6.45, 7) is 1.85. The van der Waals surface area contributed by atoms with Gasteiger partial charge in [-0.15, -0.1) is 11.6 Å². The molecule has 1 aromatic rings. The van der Waals surface area contributed by atoms with Crippen LogP contribution in [0, 0.1) is 5.92 Å². The van der Waals surface area contributed by atoms with Gasteiger partial charge in [-0.1, -0.05) is 31.2 Å². The fourth-order valence-electron chi connectivity index (χ4n) is 2.56. The summed E-state index contributed by atoms with van der Waals surface area (Å²) in [4.78, 5) is 0. The molecule has 0 aliphatic heterocycles. The summed E-state index contributed by atoms with van der Waals surface area (Å²) in [5, 5.41) is 0. The zero-order valence-electron chi connectivity index (χ0n) is 11.1. The molecule has 0 radical (unpaired) electrons. The van der Waals surface area contributed by atoms with Crippen LogP contribution in [0.5, 0.6) is 0 Å². The van der Waals surface area contributed by atoms with E-state index in [2.05, 4.69) is 10.8 Å². The third-order valence-electron chi connectivity index (χ3n) is 3.46. The SMILES string of the molecule is CC(CCl)CS(=O)(=O)NC1CCCc2ccccc21. The molecule has 0 bridgehead atoms. The van der Waals surface area contributed by atoms with Gasteiger partial charge in [-0.2, -0.15) is 0 Å². The van der Waals surface area contributed by atoms with Crippen molar-refractivity contribution in [2.75, 3.05) is 11.6 Å². The van der Waals surface area contributed by atoms with Crippen LogP contribution < -0.4 is 4.72 Å². The van der Waals surface area contributed by atoms with Crippen LogP contribution in [0.15, 0.2) is 24.3 Å². The van der Waals surface area contributed by atoms with Crippen molar-refractivity contribution in [1.29, 1.82) is 0 Å². The fraction of sp³-hybridized carbons (Fsp3) is 0.571. The monoisotopic (exact) mass is 301 g/mol. The Morgan fingerprint density at radius 3 is 2.89 bits per heavy atom. The molecule has 0 aromatic heterocycles. The molecule has 0 fully saturated rings. The highest BCUT2D eigenvalue weighted by molar-refractivity contribution is 7.89. The molecular formula is C14H20ClNO2S. The van der Waals surface area contributed by atoms with Crippen LogP contribution in [0.4, 0.5) is 0 Å². The molecule has 2 unspecified atom stereocenters. The summed E-state index contributed by atoms with van der Waals surface area (Å²) in [7, 11) is -3.27. The lowest BCUT2D eigenvalue weighted by atomic mass is 9.88. The van der Waals surface area contributed by atoms with Crippen molar-refractivity contribution in [1.82, 2.24) is 4.72 Å². The van der Waals surface area contributed by atoms with Gasteiger partial charge >= 0.3 is 0 Å². The Labute approximate surface area is 120 Å². The smallest absolute Gasteiger partial charge is 0.212 e. The summed E-state index contributed by atoms with van der Waals surface area (Å²) in [6.07, 6.45) is 2.92. The standard InChI is InChI=1S/C14H20ClNO2S/c1-11(9-15)10-19(17,18)16-14-8-4-6-12-5-2-3-7-13(12)14/h2-3,5,7,11,14,16H,4,6,8-10H2,1H3. The Morgan fingerprint density at radius 2 is 2.16 bits per heavy atom. The minimum atomic E-state index is -3.27. The first-order valence-electron chi connectivity index (χ1n) is 6.65. The van der Waals surface area contributed by atoms with E-state index < -0.39 is 10.0 Å². The lowest BCUT2D eigenvalue weighted by Gasteiger charge is -2.26. The zero-order chi connectivity index (χ0) is 13.9. The molecule has 2 atom stereocenters. The van der Waals surface area contributed by atoms with Gasteiger partial charge in [0.25, 0.3) is 0 Å². The first-order valence-corrected chi connectivity index (χ1v) is 8.84. The van der Waals surface area contributed by atoms with E-state index in [4.69, 9.17) is 11.6 Å². The predicted molar refractivity (Wildman–Crippen MR) is 78.9 cm³/mol. The minimum absolute atomic E-state index is 0.0296. The summed E-state index contributed by atoms with van der Waals surface area (Å²) in [6, 6.07) is 7.99. The molecular weight excluding hydrogens is 282 g/mol. The van der Waals surface area contributed by atoms with Gasteiger partial charge in [-0.25, -0.2) is 13.1 Å². The van der Waals surface area contributed by atoms with Crippen LogP contribution in [-0.4, -0.2) is 20.1 Å². The van der Waals surface area contributed by atoms with Crippen LogP contribution in [0.25, 0.3) is 0 Å². The Morgan fingerprint density at radius 1 is 1.42 bits per heavy atom. The summed E-state index contributed by atoms with van der Waals surface area (Å²) < 4.78 is 27.0. The second-order valence-corrected chi connectivity index (χ2v) is 7.41. The number of hydrogen-bond acceptors (Lipinski definition) is 2. The summed E-state index contributed by atoms with van der Waals surface area (Å²) in [5.74, 6) is 0.426. The van der Waals surface area contributed by atoms with Gasteiger partial charge in [0.05, 0.1) is 5.75 Å². The summed E-state index contributed by atoms with van der Waals surface area (Å²) >= 11 is 5.69. The van der Waals surface area contributed by atoms with E-state index in [1.54, 1.807) is 0 Å². The topological polar surface area (TPSA) is 46.2 Å². The number of nitrogens with one attached hydrogen (secondary N) is 1. The maximum atomic E-state index is 12.1. The largest absolute Gasteiger partial charge is 0.212 e. The molecule has 106 valence electrons. The normalized spacial score (nSPS) is 20.8. The molecule has 0 heterocycles. The minimum Gasteiger partial charge on any atom is -0.212 e.